The lowest BCUT2D eigenvalue weighted by molar-refractivity contribution is -0.0810. The van der Waals surface area contributed by atoms with Crippen molar-refractivity contribution >= 4 is 5.91 Å². The summed E-state index contributed by atoms with van der Waals surface area (Å²) in [4.78, 5) is 16.6. The average Bonchev–Trinajstić information content (AvgIpc) is 3.64. The topological polar surface area (TPSA) is 111 Å². The van der Waals surface area contributed by atoms with E-state index >= 15 is 0 Å². The standard InChI is InChI=1S/C38H50N4O6/c1-22(2)28-20-27(47-14-8-13-41(3)4)11-12-30(28)42-31(34-32(45-5)9-7-10-33(34)46-6)21-29(40-42)36(43)39-38(35-37(44)48-35)25-16-23-15-24(18-25)19-26(38)17-23/h7,9-12,20-26,35,37,44H,8,13-19H2,1-6H3,(H,39,43). The molecule has 2 aromatic carbocycles. The second-order valence-corrected chi connectivity index (χ2v) is 14.9. The molecule has 1 saturated heterocycles. The fourth-order valence-electron chi connectivity index (χ4n) is 9.22. The maximum absolute atomic E-state index is 14.5. The number of hydrogen-bond donors (Lipinski definition) is 2. The van der Waals surface area contributed by atoms with Crippen LogP contribution in [0.3, 0.4) is 0 Å². The van der Waals surface area contributed by atoms with Crippen molar-refractivity contribution in [3.8, 4) is 34.2 Å². The van der Waals surface area contributed by atoms with E-state index in [4.69, 9.17) is 24.0 Å². The number of aliphatic hydroxyl groups excluding tert-OH is 1. The Balaban J connectivity index is 1.29. The fourth-order valence-corrected chi connectivity index (χ4v) is 9.22. The third-order valence-electron chi connectivity index (χ3n) is 11.3. The van der Waals surface area contributed by atoms with E-state index in [1.807, 2.05) is 41.1 Å². The minimum absolute atomic E-state index is 0.143. The van der Waals surface area contributed by atoms with Crippen LogP contribution < -0.4 is 19.5 Å². The maximum atomic E-state index is 14.5. The zero-order chi connectivity index (χ0) is 33.7. The minimum atomic E-state index is -0.842. The van der Waals surface area contributed by atoms with E-state index in [1.54, 1.807) is 14.2 Å². The van der Waals surface area contributed by atoms with E-state index in [0.717, 1.165) is 55.6 Å². The van der Waals surface area contributed by atoms with Gasteiger partial charge in [0.15, 0.2) is 12.0 Å². The van der Waals surface area contributed by atoms with Gasteiger partial charge in [0.05, 0.1) is 43.3 Å². The number of epoxide rings is 1. The number of ether oxygens (including phenoxy) is 4. The van der Waals surface area contributed by atoms with Gasteiger partial charge < -0.3 is 34.3 Å². The molecule has 1 aromatic heterocycles. The lowest BCUT2D eigenvalue weighted by Gasteiger charge is -2.60. The van der Waals surface area contributed by atoms with Crippen molar-refractivity contribution < 1.29 is 28.8 Å². The summed E-state index contributed by atoms with van der Waals surface area (Å²) in [5.74, 6) is 3.88. The second kappa shape index (κ2) is 13.0. The van der Waals surface area contributed by atoms with Crippen molar-refractivity contribution in [1.29, 1.82) is 0 Å². The first-order valence-electron chi connectivity index (χ1n) is 17.5. The quantitative estimate of drug-likeness (QED) is 0.179. The number of amides is 1. The Labute approximate surface area is 283 Å². The van der Waals surface area contributed by atoms with Gasteiger partial charge in [-0.3, -0.25) is 4.79 Å². The van der Waals surface area contributed by atoms with Gasteiger partial charge in [0.2, 0.25) is 0 Å². The molecule has 4 aliphatic carbocycles. The van der Waals surface area contributed by atoms with Crippen LogP contribution in [0.4, 0.5) is 0 Å². The Morgan fingerprint density at radius 3 is 2.25 bits per heavy atom. The highest BCUT2D eigenvalue weighted by Crippen LogP contribution is 2.62. The van der Waals surface area contributed by atoms with Crippen molar-refractivity contribution in [3.63, 3.8) is 0 Å². The molecule has 258 valence electrons. The molecule has 2 atom stereocenters. The second-order valence-electron chi connectivity index (χ2n) is 14.9. The summed E-state index contributed by atoms with van der Waals surface area (Å²) >= 11 is 0. The molecule has 1 aliphatic heterocycles. The minimum Gasteiger partial charge on any atom is -0.496 e. The van der Waals surface area contributed by atoms with Gasteiger partial charge in [-0.2, -0.15) is 5.10 Å². The molecule has 10 nitrogen and oxygen atoms in total. The van der Waals surface area contributed by atoms with Crippen LogP contribution in [0.2, 0.25) is 0 Å². The third-order valence-corrected chi connectivity index (χ3v) is 11.3. The molecule has 1 amide bonds. The van der Waals surface area contributed by atoms with Gasteiger partial charge in [-0.15, -0.1) is 0 Å². The van der Waals surface area contributed by atoms with Crippen LogP contribution in [0.15, 0.2) is 42.5 Å². The molecule has 2 N–H and O–H groups in total. The number of nitrogens with zero attached hydrogens (tertiary/aromatic N) is 3. The summed E-state index contributed by atoms with van der Waals surface area (Å²) in [5.41, 5.74) is 2.97. The normalized spacial score (nSPS) is 28.6. The Hall–Kier alpha value is -3.60. The van der Waals surface area contributed by atoms with E-state index < -0.39 is 11.8 Å². The number of nitrogens with one attached hydrogen (secondary N) is 1. The van der Waals surface area contributed by atoms with Crippen molar-refractivity contribution in [3.05, 3.63) is 53.7 Å². The zero-order valence-corrected chi connectivity index (χ0v) is 29.1. The summed E-state index contributed by atoms with van der Waals surface area (Å²) in [6.07, 6.45) is 5.26. The van der Waals surface area contributed by atoms with Crippen LogP contribution in [0.25, 0.3) is 16.9 Å². The van der Waals surface area contributed by atoms with E-state index in [1.165, 1.54) is 6.42 Å². The monoisotopic (exact) mass is 658 g/mol. The Morgan fingerprint density at radius 2 is 1.69 bits per heavy atom. The zero-order valence-electron chi connectivity index (χ0n) is 29.1. The average molecular weight is 659 g/mol. The number of methoxy groups -OCH3 is 2. The van der Waals surface area contributed by atoms with Gasteiger partial charge in [-0.1, -0.05) is 19.9 Å². The number of benzene rings is 2. The molecule has 4 saturated carbocycles. The van der Waals surface area contributed by atoms with Gasteiger partial charge in [-0.05, 0) is 124 Å². The molecule has 48 heavy (non-hydrogen) atoms. The number of carbonyl (C=O) groups excluding carboxylic acids is 1. The first kappa shape index (κ1) is 32.9. The predicted molar refractivity (Wildman–Crippen MR) is 183 cm³/mol. The lowest BCUT2D eigenvalue weighted by Crippen LogP contribution is -2.69. The summed E-state index contributed by atoms with van der Waals surface area (Å²) in [6.45, 7) is 5.86. The molecule has 2 heterocycles. The molecule has 3 aromatic rings. The summed E-state index contributed by atoms with van der Waals surface area (Å²) in [7, 11) is 7.38. The molecule has 4 bridgehead atoms. The summed E-state index contributed by atoms with van der Waals surface area (Å²) in [5, 5.41) is 19.1. The van der Waals surface area contributed by atoms with Crippen LogP contribution >= 0.6 is 0 Å². The first-order valence-corrected chi connectivity index (χ1v) is 17.5. The van der Waals surface area contributed by atoms with Crippen LogP contribution in [-0.2, 0) is 4.74 Å². The van der Waals surface area contributed by atoms with E-state index in [-0.39, 0.29) is 29.8 Å². The number of hydrogen-bond acceptors (Lipinski definition) is 8. The number of aliphatic hydroxyl groups is 1. The summed E-state index contributed by atoms with van der Waals surface area (Å²) in [6, 6.07) is 13.6. The highest BCUT2D eigenvalue weighted by Gasteiger charge is 2.67. The molecule has 0 spiro atoms. The highest BCUT2D eigenvalue weighted by molar-refractivity contribution is 5.95. The van der Waals surface area contributed by atoms with Crippen LogP contribution in [0, 0.1) is 23.7 Å². The van der Waals surface area contributed by atoms with E-state index in [9.17, 15) is 9.90 Å². The molecule has 2 unspecified atom stereocenters. The number of aromatic nitrogens is 2. The molecule has 5 aliphatic rings. The highest BCUT2D eigenvalue weighted by atomic mass is 16.7. The van der Waals surface area contributed by atoms with Gasteiger partial charge >= 0.3 is 0 Å². The Bertz CT molecular complexity index is 1600. The van der Waals surface area contributed by atoms with E-state index in [2.05, 4.69) is 44.2 Å². The number of carbonyl (C=O) groups is 1. The number of rotatable bonds is 13. The summed E-state index contributed by atoms with van der Waals surface area (Å²) < 4.78 is 25.4. The Morgan fingerprint density at radius 1 is 1.04 bits per heavy atom. The SMILES string of the molecule is COc1cccc(OC)c1-c1cc(C(=O)NC2(C3OC3O)C3CC4CC(C3)CC2C4)nn1-c1ccc(OCCCN(C)C)cc1C(C)C. The molecular formula is C38H50N4O6. The van der Waals surface area contributed by atoms with Crippen molar-refractivity contribution in [1.82, 2.24) is 20.0 Å². The third kappa shape index (κ3) is 5.86. The van der Waals surface area contributed by atoms with Crippen LogP contribution in [0.5, 0.6) is 17.2 Å². The van der Waals surface area contributed by atoms with Crippen LogP contribution in [0.1, 0.15) is 74.3 Å². The van der Waals surface area contributed by atoms with Crippen molar-refractivity contribution in [2.75, 3.05) is 41.5 Å². The molecular weight excluding hydrogens is 608 g/mol. The predicted octanol–water partition coefficient (Wildman–Crippen LogP) is 5.65. The van der Waals surface area contributed by atoms with Crippen molar-refractivity contribution in [2.45, 2.75) is 76.2 Å². The van der Waals surface area contributed by atoms with Gasteiger partial charge in [0.25, 0.3) is 5.91 Å². The van der Waals surface area contributed by atoms with Gasteiger partial charge in [0, 0.05) is 6.54 Å². The molecule has 8 rings (SSSR count). The smallest absolute Gasteiger partial charge is 0.272 e. The van der Waals surface area contributed by atoms with Crippen molar-refractivity contribution in [2.24, 2.45) is 23.7 Å². The largest absolute Gasteiger partial charge is 0.496 e. The molecule has 5 fully saturated rings. The first-order chi connectivity index (χ1) is 23.1. The molecule has 0 radical (unpaired) electrons. The lowest BCUT2D eigenvalue weighted by atomic mass is 9.47. The van der Waals surface area contributed by atoms with Gasteiger partial charge in [-0.25, -0.2) is 4.68 Å². The van der Waals surface area contributed by atoms with Crippen LogP contribution in [-0.4, -0.2) is 85.1 Å². The Kier molecular flexibility index (Phi) is 8.93. The van der Waals surface area contributed by atoms with Gasteiger partial charge in [0.1, 0.15) is 23.4 Å². The maximum Gasteiger partial charge on any atom is 0.272 e. The molecule has 10 heteroatoms. The van der Waals surface area contributed by atoms with E-state index in [0.29, 0.717) is 46.9 Å². The fraction of sp³-hybridized carbons (Fsp3) is 0.579.